The third-order valence-corrected chi connectivity index (χ3v) is 5.42. The standard InChI is InChI=1S/C24H13F3N.C5H8O2.Ir/c25-24(26,27)22-14-17(13-16-6-2-4-8-19(16)22)23-21-10-9-15-5-1-3-7-18(15)20(21)11-12-28-23;1-4(6)3-5(2)7;/h1-12,14H;3,6H,1-2H3;/q-1;;/b;4-3-;. The Balaban J connectivity index is 0.000000400. The number of aromatic nitrogens is 1. The smallest absolute Gasteiger partial charge is 0.403 e. The van der Waals surface area contributed by atoms with E-state index in [-0.39, 0.29) is 37.0 Å². The number of benzene rings is 4. The first kappa shape index (κ1) is 27.1. The summed E-state index contributed by atoms with van der Waals surface area (Å²) in [6.45, 7) is 2.85. The van der Waals surface area contributed by atoms with Crippen LogP contribution in [0.2, 0.25) is 0 Å². The number of alkyl halides is 3. The van der Waals surface area contributed by atoms with Crippen LogP contribution >= 0.6 is 0 Å². The van der Waals surface area contributed by atoms with Crippen LogP contribution in [0.5, 0.6) is 0 Å². The van der Waals surface area contributed by atoms with Gasteiger partial charge in [0.15, 0.2) is 5.78 Å². The van der Waals surface area contributed by atoms with Crippen LogP contribution in [0.3, 0.4) is 0 Å². The number of aliphatic hydroxyl groups is 1. The number of carbonyl (C=O) groups excluding carboxylic acids is 1. The van der Waals surface area contributed by atoms with Gasteiger partial charge in [0, 0.05) is 38.1 Å². The van der Waals surface area contributed by atoms with Crippen LogP contribution in [-0.2, 0) is 31.1 Å². The van der Waals surface area contributed by atoms with Gasteiger partial charge < -0.3 is 5.11 Å². The summed E-state index contributed by atoms with van der Waals surface area (Å²) in [6.07, 6.45) is -1.65. The molecule has 1 heterocycles. The second kappa shape index (κ2) is 11.0. The zero-order valence-corrected chi connectivity index (χ0v) is 21.7. The molecule has 1 radical (unpaired) electrons. The Morgan fingerprint density at radius 2 is 1.56 bits per heavy atom. The Hall–Kier alpha value is -3.54. The summed E-state index contributed by atoms with van der Waals surface area (Å²) >= 11 is 0. The number of allylic oxidation sites excluding steroid dienone is 2. The predicted molar refractivity (Wildman–Crippen MR) is 133 cm³/mol. The van der Waals surface area contributed by atoms with E-state index < -0.39 is 11.7 Å². The van der Waals surface area contributed by atoms with E-state index >= 15 is 0 Å². The topological polar surface area (TPSA) is 50.2 Å². The van der Waals surface area contributed by atoms with Crippen molar-refractivity contribution in [2.45, 2.75) is 20.0 Å². The summed E-state index contributed by atoms with van der Waals surface area (Å²) in [5.74, 6) is -0.0625. The maximum absolute atomic E-state index is 13.7. The van der Waals surface area contributed by atoms with Gasteiger partial charge >= 0.3 is 6.18 Å². The molecule has 0 aliphatic carbocycles. The van der Waals surface area contributed by atoms with Crippen molar-refractivity contribution in [1.82, 2.24) is 4.98 Å². The van der Waals surface area contributed by atoms with Crippen molar-refractivity contribution in [3.63, 3.8) is 0 Å². The molecule has 0 spiro atoms. The van der Waals surface area contributed by atoms with E-state index in [1.165, 1.54) is 26.0 Å². The van der Waals surface area contributed by atoms with Gasteiger partial charge in [-0.15, -0.1) is 23.6 Å². The molecule has 0 amide bonds. The summed E-state index contributed by atoms with van der Waals surface area (Å²) in [5.41, 5.74) is 0.169. The molecule has 36 heavy (non-hydrogen) atoms. The summed E-state index contributed by atoms with van der Waals surface area (Å²) in [7, 11) is 0. The molecule has 7 heteroatoms. The normalized spacial score (nSPS) is 11.6. The molecular weight excluding hydrogens is 644 g/mol. The fourth-order valence-corrected chi connectivity index (χ4v) is 4.04. The number of pyridine rings is 1. The largest absolute Gasteiger partial charge is 0.512 e. The molecule has 0 aliphatic rings. The molecule has 3 nitrogen and oxygen atoms in total. The van der Waals surface area contributed by atoms with E-state index in [1.807, 2.05) is 42.5 Å². The molecule has 5 rings (SSSR count). The first-order valence-corrected chi connectivity index (χ1v) is 10.8. The molecular formula is C29H21F3IrNO2-. The molecule has 5 aromatic rings. The molecule has 0 fully saturated rings. The molecule has 0 saturated carbocycles. The fourth-order valence-electron chi connectivity index (χ4n) is 4.04. The zero-order valence-electron chi connectivity index (χ0n) is 19.4. The summed E-state index contributed by atoms with van der Waals surface area (Å²) in [5, 5.41) is 12.8. The van der Waals surface area contributed by atoms with Gasteiger partial charge in [-0.05, 0) is 47.0 Å². The van der Waals surface area contributed by atoms with Crippen LogP contribution in [0, 0.1) is 6.07 Å². The first-order chi connectivity index (χ1) is 16.6. The summed E-state index contributed by atoms with van der Waals surface area (Å²) < 4.78 is 41.1. The zero-order chi connectivity index (χ0) is 25.2. The van der Waals surface area contributed by atoms with Gasteiger partial charge in [0.25, 0.3) is 0 Å². The molecule has 0 bridgehead atoms. The monoisotopic (exact) mass is 665 g/mol. The molecule has 0 unspecified atom stereocenters. The van der Waals surface area contributed by atoms with Gasteiger partial charge in [-0.3, -0.25) is 9.78 Å². The molecule has 185 valence electrons. The average Bonchev–Trinajstić information content (AvgIpc) is 2.81. The van der Waals surface area contributed by atoms with E-state index in [0.717, 1.165) is 27.6 Å². The molecule has 0 aliphatic heterocycles. The molecule has 4 aromatic carbocycles. The van der Waals surface area contributed by atoms with Crippen LogP contribution in [0.4, 0.5) is 13.2 Å². The second-order valence-electron chi connectivity index (χ2n) is 8.08. The minimum atomic E-state index is -4.46. The van der Waals surface area contributed by atoms with Gasteiger partial charge in [0.1, 0.15) is 0 Å². The van der Waals surface area contributed by atoms with Gasteiger partial charge in [-0.25, -0.2) is 0 Å². The molecule has 0 atom stereocenters. The van der Waals surface area contributed by atoms with E-state index in [9.17, 15) is 18.0 Å². The number of halogens is 3. The van der Waals surface area contributed by atoms with E-state index in [4.69, 9.17) is 5.11 Å². The summed E-state index contributed by atoms with van der Waals surface area (Å²) in [6, 6.07) is 24.4. The van der Waals surface area contributed by atoms with Crippen molar-refractivity contribution in [3.8, 4) is 11.3 Å². The minimum Gasteiger partial charge on any atom is -0.512 e. The SMILES string of the molecule is CC(=O)/C=C(/C)O.FC(F)(F)c1cc(-c2nccc3c2ccc2ccccc23)[c-]c2ccccc12.[Ir]. The van der Waals surface area contributed by atoms with Gasteiger partial charge in [0.2, 0.25) is 0 Å². The number of hydrogen-bond acceptors (Lipinski definition) is 3. The van der Waals surface area contributed by atoms with E-state index in [0.29, 0.717) is 16.6 Å². The quantitative estimate of drug-likeness (QED) is 0.0900. The Morgan fingerprint density at radius 1 is 0.889 bits per heavy atom. The van der Waals surface area contributed by atoms with Crippen LogP contribution in [-0.4, -0.2) is 15.9 Å². The maximum Gasteiger partial charge on any atom is 0.403 e. The summed E-state index contributed by atoms with van der Waals surface area (Å²) in [4.78, 5) is 14.4. The third kappa shape index (κ3) is 5.81. The first-order valence-electron chi connectivity index (χ1n) is 10.8. The van der Waals surface area contributed by atoms with Crippen molar-refractivity contribution >= 4 is 38.1 Å². The Labute approximate surface area is 219 Å². The van der Waals surface area contributed by atoms with E-state index in [2.05, 4.69) is 11.1 Å². The van der Waals surface area contributed by atoms with Crippen molar-refractivity contribution < 1.29 is 43.2 Å². The number of hydrogen-bond donors (Lipinski definition) is 1. The van der Waals surface area contributed by atoms with Crippen molar-refractivity contribution in [2.24, 2.45) is 0 Å². The number of rotatable bonds is 2. The van der Waals surface area contributed by atoms with Crippen LogP contribution in [0.1, 0.15) is 19.4 Å². The van der Waals surface area contributed by atoms with E-state index in [1.54, 1.807) is 24.4 Å². The van der Waals surface area contributed by atoms with Crippen LogP contribution < -0.4 is 0 Å². The van der Waals surface area contributed by atoms with Crippen LogP contribution in [0.15, 0.2) is 90.8 Å². The van der Waals surface area contributed by atoms with Gasteiger partial charge in [-0.2, -0.15) is 13.2 Å². The number of ketones is 1. The maximum atomic E-state index is 13.7. The molecule has 1 aromatic heterocycles. The fraction of sp³-hybridized carbons (Fsp3) is 0.103. The van der Waals surface area contributed by atoms with Gasteiger partial charge in [-0.1, -0.05) is 65.5 Å². The molecule has 0 saturated heterocycles. The number of fused-ring (bicyclic) bond motifs is 4. The Bertz CT molecular complexity index is 1590. The number of carbonyl (C=O) groups is 1. The third-order valence-electron chi connectivity index (χ3n) is 5.42. The molecule has 1 N–H and O–H groups in total. The van der Waals surface area contributed by atoms with Crippen molar-refractivity contribution in [3.05, 3.63) is 102 Å². The van der Waals surface area contributed by atoms with Crippen LogP contribution in [0.25, 0.3) is 43.6 Å². The Morgan fingerprint density at radius 3 is 2.19 bits per heavy atom. The predicted octanol–water partition coefficient (Wildman–Crippen LogP) is 8.06. The Kier molecular flexibility index (Phi) is 8.28. The second-order valence-corrected chi connectivity index (χ2v) is 8.08. The van der Waals surface area contributed by atoms with Crippen molar-refractivity contribution in [1.29, 1.82) is 0 Å². The van der Waals surface area contributed by atoms with Gasteiger partial charge in [0.05, 0.1) is 5.76 Å². The number of aliphatic hydroxyl groups excluding tert-OH is 1. The minimum absolute atomic E-state index is 0. The average molecular weight is 665 g/mol. The van der Waals surface area contributed by atoms with Crippen molar-refractivity contribution in [2.75, 3.05) is 0 Å². The number of nitrogens with zero attached hydrogens (tertiary/aromatic N) is 1.